The van der Waals surface area contributed by atoms with E-state index in [-0.39, 0.29) is 18.6 Å². The van der Waals surface area contributed by atoms with Crippen molar-refractivity contribution in [2.75, 3.05) is 38.4 Å². The molecular weight excluding hydrogens is 374 g/mol. The molecule has 1 amide bonds. The highest BCUT2D eigenvalue weighted by Gasteiger charge is 2.28. The molecule has 1 aromatic carbocycles. The van der Waals surface area contributed by atoms with Crippen molar-refractivity contribution >= 4 is 17.2 Å². The van der Waals surface area contributed by atoms with Gasteiger partial charge in [0.25, 0.3) is 5.91 Å². The minimum Gasteiger partial charge on any atom is -0.497 e. The lowest BCUT2D eigenvalue weighted by molar-refractivity contribution is -0.130. The van der Waals surface area contributed by atoms with Gasteiger partial charge in [0.15, 0.2) is 17.3 Å². The van der Waals surface area contributed by atoms with Gasteiger partial charge in [-0.15, -0.1) is 0 Å². The van der Waals surface area contributed by atoms with Crippen molar-refractivity contribution in [3.63, 3.8) is 0 Å². The summed E-state index contributed by atoms with van der Waals surface area (Å²) in [5.74, 6) is 2.00. The Kier molecular flexibility index (Phi) is 5.53. The van der Waals surface area contributed by atoms with Gasteiger partial charge in [-0.1, -0.05) is 0 Å². The van der Waals surface area contributed by atoms with Crippen molar-refractivity contribution in [1.82, 2.24) is 9.38 Å². The highest BCUT2D eigenvalue weighted by atomic mass is 16.5. The van der Waals surface area contributed by atoms with Gasteiger partial charge < -0.3 is 23.8 Å². The van der Waals surface area contributed by atoms with Crippen LogP contribution in [0.2, 0.25) is 0 Å². The Labute approximate surface area is 168 Å². The molecule has 0 spiro atoms. The van der Waals surface area contributed by atoms with Crippen molar-refractivity contribution in [2.24, 2.45) is 0 Å². The summed E-state index contributed by atoms with van der Waals surface area (Å²) in [4.78, 5) is 18.4. The van der Waals surface area contributed by atoms with Crippen molar-refractivity contribution in [2.45, 2.75) is 13.0 Å². The number of morpholine rings is 1. The second kappa shape index (κ2) is 8.40. The number of ether oxygens (including phenoxy) is 4. The molecule has 0 aliphatic carbocycles. The normalized spacial score (nSPS) is 16.8. The van der Waals surface area contributed by atoms with E-state index in [0.717, 1.165) is 11.4 Å². The van der Waals surface area contributed by atoms with Crippen LogP contribution in [0.1, 0.15) is 6.92 Å². The third kappa shape index (κ3) is 3.97. The second-order valence-electron chi connectivity index (χ2n) is 6.54. The predicted octanol–water partition coefficient (Wildman–Crippen LogP) is 2.55. The number of carbonyl (C=O) groups is 1. The number of amides is 1. The lowest BCUT2D eigenvalue weighted by Gasteiger charge is -2.32. The van der Waals surface area contributed by atoms with Crippen LogP contribution < -0.4 is 19.1 Å². The van der Waals surface area contributed by atoms with Crippen LogP contribution in [0.4, 0.5) is 5.69 Å². The van der Waals surface area contributed by atoms with Crippen molar-refractivity contribution in [1.29, 1.82) is 0 Å². The SMILES string of the molecule is CCOc1ccc(OC[C@@H]2CN(c3ccc(OC)cc3)C(=O)CO2)c2nccn12. The summed E-state index contributed by atoms with van der Waals surface area (Å²) >= 11 is 0. The lowest BCUT2D eigenvalue weighted by atomic mass is 10.2. The standard InChI is InChI=1S/C21H23N3O5/c1-3-27-20-9-8-18(21-22-10-11-23(20)21)29-13-17-12-24(19(25)14-28-17)15-4-6-16(26-2)7-5-15/h4-11,17H,3,12-14H2,1-2H3/t17-/m0/s1. The zero-order valence-corrected chi connectivity index (χ0v) is 16.4. The van der Waals surface area contributed by atoms with E-state index in [4.69, 9.17) is 18.9 Å². The maximum atomic E-state index is 12.3. The lowest BCUT2D eigenvalue weighted by Crippen LogP contribution is -2.48. The maximum Gasteiger partial charge on any atom is 0.253 e. The minimum absolute atomic E-state index is 0.0160. The first-order chi connectivity index (χ1) is 14.2. The van der Waals surface area contributed by atoms with Crippen LogP contribution in [-0.2, 0) is 9.53 Å². The van der Waals surface area contributed by atoms with Gasteiger partial charge in [-0.2, -0.15) is 0 Å². The Morgan fingerprint density at radius 1 is 1.17 bits per heavy atom. The number of anilines is 1. The van der Waals surface area contributed by atoms with Crippen LogP contribution in [-0.4, -0.2) is 54.9 Å². The highest BCUT2D eigenvalue weighted by molar-refractivity contribution is 5.95. The van der Waals surface area contributed by atoms with Gasteiger partial charge in [-0.05, 0) is 37.3 Å². The smallest absolute Gasteiger partial charge is 0.253 e. The number of methoxy groups -OCH3 is 1. The first-order valence-electron chi connectivity index (χ1n) is 9.47. The molecular formula is C21H23N3O5. The number of imidazole rings is 1. The summed E-state index contributed by atoms with van der Waals surface area (Å²) in [6, 6.07) is 11.1. The number of hydrogen-bond acceptors (Lipinski definition) is 6. The third-order valence-electron chi connectivity index (χ3n) is 4.71. The summed E-state index contributed by atoms with van der Waals surface area (Å²) in [6.07, 6.45) is 3.27. The van der Waals surface area contributed by atoms with E-state index in [1.165, 1.54) is 0 Å². The predicted molar refractivity (Wildman–Crippen MR) is 107 cm³/mol. The van der Waals surface area contributed by atoms with E-state index in [9.17, 15) is 4.79 Å². The van der Waals surface area contributed by atoms with Crippen LogP contribution in [0.3, 0.4) is 0 Å². The molecule has 8 nitrogen and oxygen atoms in total. The van der Waals surface area contributed by atoms with Crippen LogP contribution in [0.5, 0.6) is 17.4 Å². The zero-order valence-electron chi connectivity index (χ0n) is 16.4. The Morgan fingerprint density at radius 3 is 2.76 bits per heavy atom. The monoisotopic (exact) mass is 397 g/mol. The Morgan fingerprint density at radius 2 is 2.00 bits per heavy atom. The van der Waals surface area contributed by atoms with E-state index in [2.05, 4.69) is 4.98 Å². The maximum absolute atomic E-state index is 12.3. The summed E-state index contributed by atoms with van der Waals surface area (Å²) in [5, 5.41) is 0. The van der Waals surface area contributed by atoms with Crippen LogP contribution in [0, 0.1) is 0 Å². The number of rotatable bonds is 7. The van der Waals surface area contributed by atoms with Crippen LogP contribution >= 0.6 is 0 Å². The molecule has 8 heteroatoms. The molecule has 0 unspecified atom stereocenters. The van der Waals surface area contributed by atoms with Crippen LogP contribution in [0.25, 0.3) is 5.65 Å². The largest absolute Gasteiger partial charge is 0.497 e. The molecule has 1 saturated heterocycles. The summed E-state index contributed by atoms with van der Waals surface area (Å²) < 4.78 is 24.3. The number of fused-ring (bicyclic) bond motifs is 1. The van der Waals surface area contributed by atoms with Gasteiger partial charge in [0, 0.05) is 24.1 Å². The fourth-order valence-electron chi connectivity index (χ4n) is 3.26. The highest BCUT2D eigenvalue weighted by Crippen LogP contribution is 2.26. The Balaban J connectivity index is 1.45. The van der Waals surface area contributed by atoms with Crippen molar-refractivity contribution in [3.8, 4) is 17.4 Å². The van der Waals surface area contributed by atoms with Gasteiger partial charge in [0.05, 0.1) is 20.3 Å². The summed E-state index contributed by atoms with van der Waals surface area (Å²) in [5.41, 5.74) is 1.48. The average Bonchev–Trinajstić information content (AvgIpc) is 3.25. The molecule has 3 heterocycles. The number of carbonyl (C=O) groups excluding carboxylic acids is 1. The molecule has 1 aliphatic heterocycles. The molecule has 29 heavy (non-hydrogen) atoms. The van der Waals surface area contributed by atoms with E-state index < -0.39 is 0 Å². The van der Waals surface area contributed by atoms with Gasteiger partial charge in [0.2, 0.25) is 0 Å². The van der Waals surface area contributed by atoms with Gasteiger partial charge >= 0.3 is 0 Å². The molecule has 3 aromatic rings. The molecule has 2 aromatic heterocycles. The summed E-state index contributed by atoms with van der Waals surface area (Å²) in [6.45, 7) is 3.23. The van der Waals surface area contributed by atoms with E-state index in [0.29, 0.717) is 37.0 Å². The van der Waals surface area contributed by atoms with Gasteiger partial charge in [-0.3, -0.25) is 9.20 Å². The molecule has 0 saturated carbocycles. The molecule has 4 rings (SSSR count). The number of benzene rings is 1. The zero-order chi connectivity index (χ0) is 20.2. The molecule has 1 fully saturated rings. The molecule has 0 N–H and O–H groups in total. The Hall–Kier alpha value is -3.26. The van der Waals surface area contributed by atoms with E-state index >= 15 is 0 Å². The van der Waals surface area contributed by atoms with Gasteiger partial charge in [0.1, 0.15) is 25.1 Å². The van der Waals surface area contributed by atoms with Gasteiger partial charge in [-0.25, -0.2) is 4.98 Å². The van der Waals surface area contributed by atoms with Crippen LogP contribution in [0.15, 0.2) is 48.8 Å². The van der Waals surface area contributed by atoms with Crippen molar-refractivity contribution in [3.05, 3.63) is 48.8 Å². The number of hydrogen-bond donors (Lipinski definition) is 0. The van der Waals surface area contributed by atoms with Crippen molar-refractivity contribution < 1.29 is 23.7 Å². The topological polar surface area (TPSA) is 74.5 Å². The fourth-order valence-corrected chi connectivity index (χ4v) is 3.26. The Bertz CT molecular complexity index is 986. The first kappa shape index (κ1) is 19.1. The molecule has 1 atom stereocenters. The second-order valence-corrected chi connectivity index (χ2v) is 6.54. The number of aromatic nitrogens is 2. The number of pyridine rings is 1. The molecule has 1 aliphatic rings. The summed E-state index contributed by atoms with van der Waals surface area (Å²) in [7, 11) is 1.61. The van der Waals surface area contributed by atoms with E-state index in [1.54, 1.807) is 18.2 Å². The van der Waals surface area contributed by atoms with E-state index in [1.807, 2.05) is 53.9 Å². The third-order valence-corrected chi connectivity index (χ3v) is 4.71. The molecule has 152 valence electrons. The first-order valence-corrected chi connectivity index (χ1v) is 9.47. The molecule has 0 bridgehead atoms. The minimum atomic E-state index is -0.253. The fraction of sp³-hybridized carbons (Fsp3) is 0.333. The average molecular weight is 397 g/mol. The number of nitrogens with zero attached hydrogens (tertiary/aromatic N) is 3. The molecule has 0 radical (unpaired) electrons. The quantitative estimate of drug-likeness (QED) is 0.610.